The van der Waals surface area contributed by atoms with Gasteiger partial charge in [-0.2, -0.15) is 0 Å². The van der Waals surface area contributed by atoms with Crippen LogP contribution >= 0.6 is 11.6 Å². The molecule has 0 atom stereocenters. The molecule has 16 heavy (non-hydrogen) atoms. The Morgan fingerprint density at radius 2 is 1.81 bits per heavy atom. The van der Waals surface area contributed by atoms with Gasteiger partial charge in [0, 0.05) is 17.3 Å². The molecule has 0 saturated heterocycles. The van der Waals surface area contributed by atoms with Crippen LogP contribution in [0.25, 0.3) is 0 Å². The van der Waals surface area contributed by atoms with Crippen LogP contribution in [0.2, 0.25) is 5.02 Å². The van der Waals surface area contributed by atoms with Gasteiger partial charge >= 0.3 is 0 Å². The zero-order valence-electron chi connectivity index (χ0n) is 10.1. The van der Waals surface area contributed by atoms with E-state index in [9.17, 15) is 0 Å². The summed E-state index contributed by atoms with van der Waals surface area (Å²) in [6, 6.07) is 7.82. The Morgan fingerprint density at radius 1 is 1.12 bits per heavy atom. The number of benzene rings is 1. The molecule has 1 aromatic carbocycles. The maximum Gasteiger partial charge on any atom is 0.0407 e. The third-order valence-corrected chi connectivity index (χ3v) is 2.51. The Hall–Kier alpha value is -0.730. The lowest BCUT2D eigenvalue weighted by Gasteiger charge is -2.08. The topological polar surface area (TPSA) is 24.1 Å². The number of anilines is 1. The van der Waals surface area contributed by atoms with Crippen LogP contribution in [0.1, 0.15) is 20.3 Å². The van der Waals surface area contributed by atoms with Crippen molar-refractivity contribution in [2.75, 3.05) is 25.0 Å². The van der Waals surface area contributed by atoms with Crippen molar-refractivity contribution < 1.29 is 0 Å². The third-order valence-electron chi connectivity index (χ3n) is 2.26. The molecular formula is C13H21ClN2. The Kier molecular flexibility index (Phi) is 6.27. The molecule has 0 heterocycles. The van der Waals surface area contributed by atoms with Gasteiger partial charge in [0.05, 0.1) is 0 Å². The van der Waals surface area contributed by atoms with Gasteiger partial charge in [0.15, 0.2) is 0 Å². The lowest BCUT2D eigenvalue weighted by atomic mass is 10.2. The predicted molar refractivity (Wildman–Crippen MR) is 72.3 cm³/mol. The van der Waals surface area contributed by atoms with Crippen molar-refractivity contribution >= 4 is 17.3 Å². The van der Waals surface area contributed by atoms with E-state index in [2.05, 4.69) is 24.5 Å². The lowest BCUT2D eigenvalue weighted by Crippen LogP contribution is -2.22. The summed E-state index contributed by atoms with van der Waals surface area (Å²) in [4.78, 5) is 0. The Morgan fingerprint density at radius 3 is 2.44 bits per heavy atom. The molecule has 0 amide bonds. The summed E-state index contributed by atoms with van der Waals surface area (Å²) in [6.45, 7) is 7.60. The average Bonchev–Trinajstić information content (AvgIpc) is 2.25. The highest BCUT2D eigenvalue weighted by molar-refractivity contribution is 6.30. The second-order valence-electron chi connectivity index (χ2n) is 4.39. The molecule has 1 aromatic rings. The quantitative estimate of drug-likeness (QED) is 0.714. The molecule has 0 saturated carbocycles. The summed E-state index contributed by atoms with van der Waals surface area (Å²) in [5.41, 5.74) is 1.13. The highest BCUT2D eigenvalue weighted by Gasteiger charge is 1.94. The fraction of sp³-hybridized carbons (Fsp3) is 0.538. The maximum absolute atomic E-state index is 5.81. The smallest absolute Gasteiger partial charge is 0.0407 e. The number of hydrogen-bond donors (Lipinski definition) is 2. The van der Waals surface area contributed by atoms with Crippen molar-refractivity contribution in [3.63, 3.8) is 0 Å². The van der Waals surface area contributed by atoms with Gasteiger partial charge in [-0.25, -0.2) is 0 Å². The molecule has 0 unspecified atom stereocenters. The fourth-order valence-corrected chi connectivity index (χ4v) is 1.53. The Bertz CT molecular complexity index is 282. The summed E-state index contributed by atoms with van der Waals surface area (Å²) in [7, 11) is 0. The van der Waals surface area contributed by atoms with Gasteiger partial charge in [0.25, 0.3) is 0 Å². The van der Waals surface area contributed by atoms with Crippen molar-refractivity contribution in [3.05, 3.63) is 29.3 Å². The van der Waals surface area contributed by atoms with E-state index in [1.165, 1.54) is 0 Å². The van der Waals surface area contributed by atoms with Crippen LogP contribution in [0.3, 0.4) is 0 Å². The van der Waals surface area contributed by atoms with Crippen LogP contribution in [-0.2, 0) is 0 Å². The molecule has 0 spiro atoms. The van der Waals surface area contributed by atoms with Crippen molar-refractivity contribution in [2.24, 2.45) is 5.92 Å². The standard InChI is InChI=1S/C13H21ClN2/c1-11(2)10-15-8-3-9-16-13-6-4-12(14)5-7-13/h4-7,11,15-16H,3,8-10H2,1-2H3. The molecule has 0 radical (unpaired) electrons. The average molecular weight is 241 g/mol. The van der Waals surface area contributed by atoms with Crippen LogP contribution in [0.15, 0.2) is 24.3 Å². The molecule has 0 aliphatic carbocycles. The molecule has 3 heteroatoms. The van der Waals surface area contributed by atoms with E-state index < -0.39 is 0 Å². The molecular weight excluding hydrogens is 220 g/mol. The van der Waals surface area contributed by atoms with E-state index in [1.54, 1.807) is 0 Å². The Balaban J connectivity index is 2.05. The number of nitrogens with one attached hydrogen (secondary N) is 2. The first-order chi connectivity index (χ1) is 7.68. The predicted octanol–water partition coefficient (Wildman–Crippen LogP) is 3.39. The highest BCUT2D eigenvalue weighted by atomic mass is 35.5. The molecule has 90 valence electrons. The van der Waals surface area contributed by atoms with Gasteiger partial charge in [-0.05, 0) is 49.7 Å². The van der Waals surface area contributed by atoms with E-state index in [1.807, 2.05) is 24.3 Å². The first-order valence-corrected chi connectivity index (χ1v) is 6.26. The number of hydrogen-bond acceptors (Lipinski definition) is 2. The maximum atomic E-state index is 5.81. The fourth-order valence-electron chi connectivity index (χ4n) is 1.40. The summed E-state index contributed by atoms with van der Waals surface area (Å²) in [6.07, 6.45) is 1.13. The van der Waals surface area contributed by atoms with Crippen LogP contribution in [-0.4, -0.2) is 19.6 Å². The van der Waals surface area contributed by atoms with Gasteiger partial charge in [-0.1, -0.05) is 25.4 Å². The minimum atomic E-state index is 0.726. The van der Waals surface area contributed by atoms with E-state index in [-0.39, 0.29) is 0 Å². The monoisotopic (exact) mass is 240 g/mol. The van der Waals surface area contributed by atoms with Gasteiger partial charge in [0.1, 0.15) is 0 Å². The van der Waals surface area contributed by atoms with Crippen LogP contribution in [0.4, 0.5) is 5.69 Å². The first kappa shape index (κ1) is 13.3. The van der Waals surface area contributed by atoms with Gasteiger partial charge in [0.2, 0.25) is 0 Å². The number of rotatable bonds is 7. The molecule has 2 N–H and O–H groups in total. The van der Waals surface area contributed by atoms with Crippen LogP contribution in [0.5, 0.6) is 0 Å². The van der Waals surface area contributed by atoms with E-state index in [4.69, 9.17) is 11.6 Å². The molecule has 0 bridgehead atoms. The minimum Gasteiger partial charge on any atom is -0.385 e. The summed E-state index contributed by atoms with van der Waals surface area (Å²) >= 11 is 5.81. The molecule has 1 rings (SSSR count). The Labute approximate surface area is 103 Å². The second-order valence-corrected chi connectivity index (χ2v) is 4.82. The molecule has 0 aromatic heterocycles. The van der Waals surface area contributed by atoms with Gasteiger partial charge in [-0.15, -0.1) is 0 Å². The second kappa shape index (κ2) is 7.53. The van der Waals surface area contributed by atoms with Crippen molar-refractivity contribution in [1.29, 1.82) is 0 Å². The minimum absolute atomic E-state index is 0.726. The summed E-state index contributed by atoms with van der Waals surface area (Å²) in [5, 5.41) is 7.56. The molecule has 0 fully saturated rings. The number of halogens is 1. The first-order valence-electron chi connectivity index (χ1n) is 5.88. The van der Waals surface area contributed by atoms with Crippen LogP contribution in [0, 0.1) is 5.92 Å². The lowest BCUT2D eigenvalue weighted by molar-refractivity contribution is 0.547. The zero-order valence-corrected chi connectivity index (χ0v) is 10.8. The van der Waals surface area contributed by atoms with Gasteiger partial charge in [-0.3, -0.25) is 0 Å². The molecule has 0 aliphatic heterocycles. The summed E-state index contributed by atoms with van der Waals surface area (Å²) < 4.78 is 0. The van der Waals surface area contributed by atoms with Crippen molar-refractivity contribution in [3.8, 4) is 0 Å². The molecule has 2 nitrogen and oxygen atoms in total. The largest absolute Gasteiger partial charge is 0.385 e. The normalized spacial score (nSPS) is 10.8. The zero-order chi connectivity index (χ0) is 11.8. The summed E-state index contributed by atoms with van der Waals surface area (Å²) in [5.74, 6) is 0.726. The van der Waals surface area contributed by atoms with Gasteiger partial charge < -0.3 is 10.6 Å². The van der Waals surface area contributed by atoms with Crippen LogP contribution < -0.4 is 10.6 Å². The van der Waals surface area contributed by atoms with Crippen molar-refractivity contribution in [2.45, 2.75) is 20.3 Å². The third kappa shape index (κ3) is 5.99. The highest BCUT2D eigenvalue weighted by Crippen LogP contribution is 2.12. The van der Waals surface area contributed by atoms with E-state index in [0.717, 1.165) is 42.7 Å². The van der Waals surface area contributed by atoms with Crippen molar-refractivity contribution in [1.82, 2.24) is 5.32 Å². The van der Waals surface area contributed by atoms with E-state index >= 15 is 0 Å². The molecule has 0 aliphatic rings. The SMILES string of the molecule is CC(C)CNCCCNc1ccc(Cl)cc1. The van der Waals surface area contributed by atoms with E-state index in [0.29, 0.717) is 0 Å².